The van der Waals surface area contributed by atoms with Crippen LogP contribution in [0.15, 0.2) is 48.5 Å². The van der Waals surface area contributed by atoms with Crippen LogP contribution in [0.4, 0.5) is 0 Å². The molecule has 6 nitrogen and oxygen atoms in total. The van der Waals surface area contributed by atoms with Gasteiger partial charge in [0.2, 0.25) is 0 Å². The summed E-state index contributed by atoms with van der Waals surface area (Å²) in [5.74, 6) is -0.112. The van der Waals surface area contributed by atoms with Gasteiger partial charge in [-0.3, -0.25) is 4.79 Å². The number of hydrogen-bond donors (Lipinski definition) is 3. The third-order valence-corrected chi connectivity index (χ3v) is 3.45. The molecule has 1 atom stereocenters. The molecule has 134 valence electrons. The zero-order valence-electron chi connectivity index (χ0n) is 13.8. The minimum absolute atomic E-state index is 0.00938. The van der Waals surface area contributed by atoms with Crippen LogP contribution in [0.3, 0.4) is 0 Å². The van der Waals surface area contributed by atoms with Gasteiger partial charge in [0.1, 0.15) is 24.2 Å². The van der Waals surface area contributed by atoms with Crippen molar-refractivity contribution in [2.24, 2.45) is 0 Å². The molecule has 25 heavy (non-hydrogen) atoms. The first-order valence-electron chi connectivity index (χ1n) is 8.04. The fourth-order valence-electron chi connectivity index (χ4n) is 2.16. The lowest BCUT2D eigenvalue weighted by molar-refractivity contribution is 0.00839. The van der Waals surface area contributed by atoms with Crippen LogP contribution in [-0.2, 0) is 4.74 Å². The second-order valence-electron chi connectivity index (χ2n) is 5.49. The molecule has 0 radical (unpaired) electrons. The fourth-order valence-corrected chi connectivity index (χ4v) is 2.16. The predicted molar refractivity (Wildman–Crippen MR) is 92.0 cm³/mol. The topological polar surface area (TPSA) is 96.2 Å². The van der Waals surface area contributed by atoms with Gasteiger partial charge in [0.15, 0.2) is 5.78 Å². The monoisotopic (exact) mass is 346 g/mol. The summed E-state index contributed by atoms with van der Waals surface area (Å²) in [6.45, 7) is 0.492. The normalized spacial score (nSPS) is 11.9. The summed E-state index contributed by atoms with van der Waals surface area (Å²) in [5.41, 5.74) is 0.674. The highest BCUT2D eigenvalue weighted by Crippen LogP contribution is 2.26. The van der Waals surface area contributed by atoms with E-state index in [4.69, 9.17) is 14.6 Å². The molecule has 2 aromatic rings. The van der Waals surface area contributed by atoms with Gasteiger partial charge < -0.3 is 24.8 Å². The molecule has 2 aromatic carbocycles. The van der Waals surface area contributed by atoms with E-state index in [9.17, 15) is 15.0 Å². The SMILES string of the molecule is O=C(c1ccccc1)c1ccc(OCC(O)COCCCO)cc1O. The Morgan fingerprint density at radius 1 is 1.08 bits per heavy atom. The minimum atomic E-state index is -0.827. The molecular formula is C19H22O6. The van der Waals surface area contributed by atoms with Crippen LogP contribution in [0.5, 0.6) is 11.5 Å². The van der Waals surface area contributed by atoms with E-state index in [1.54, 1.807) is 30.3 Å². The number of rotatable bonds is 10. The highest BCUT2D eigenvalue weighted by atomic mass is 16.5. The molecule has 0 bridgehead atoms. The number of ether oxygens (including phenoxy) is 2. The van der Waals surface area contributed by atoms with Crippen molar-refractivity contribution < 1.29 is 29.6 Å². The number of aliphatic hydroxyl groups excluding tert-OH is 2. The van der Waals surface area contributed by atoms with Crippen LogP contribution in [0, 0.1) is 0 Å². The molecule has 0 fully saturated rings. The van der Waals surface area contributed by atoms with Crippen LogP contribution >= 0.6 is 0 Å². The Morgan fingerprint density at radius 2 is 1.84 bits per heavy atom. The smallest absolute Gasteiger partial charge is 0.196 e. The molecule has 2 rings (SSSR count). The zero-order chi connectivity index (χ0) is 18.1. The van der Waals surface area contributed by atoms with E-state index in [1.807, 2.05) is 6.07 Å². The lowest BCUT2D eigenvalue weighted by Gasteiger charge is -2.13. The molecule has 0 aromatic heterocycles. The molecule has 0 amide bonds. The van der Waals surface area contributed by atoms with Gasteiger partial charge in [-0.25, -0.2) is 0 Å². The minimum Gasteiger partial charge on any atom is -0.507 e. The van der Waals surface area contributed by atoms with Gasteiger partial charge in [0, 0.05) is 24.8 Å². The average Bonchev–Trinajstić information content (AvgIpc) is 2.64. The third kappa shape index (κ3) is 5.86. The number of phenolic OH excluding ortho intramolecular Hbond substituents is 1. The van der Waals surface area contributed by atoms with Crippen molar-refractivity contribution in [3.05, 3.63) is 59.7 Å². The number of ketones is 1. The van der Waals surface area contributed by atoms with Crippen molar-refractivity contribution in [1.82, 2.24) is 0 Å². The number of carbonyl (C=O) groups excluding carboxylic acids is 1. The van der Waals surface area contributed by atoms with Gasteiger partial charge in [0.05, 0.1) is 12.2 Å². The Bertz CT molecular complexity index is 671. The Balaban J connectivity index is 1.90. The zero-order valence-corrected chi connectivity index (χ0v) is 13.8. The Hall–Kier alpha value is -2.41. The number of benzene rings is 2. The van der Waals surface area contributed by atoms with Crippen LogP contribution < -0.4 is 4.74 Å². The van der Waals surface area contributed by atoms with E-state index in [2.05, 4.69) is 0 Å². The van der Waals surface area contributed by atoms with Gasteiger partial charge in [-0.05, 0) is 18.6 Å². The van der Waals surface area contributed by atoms with Crippen LogP contribution in [0.2, 0.25) is 0 Å². The molecule has 0 aliphatic carbocycles. The Morgan fingerprint density at radius 3 is 2.52 bits per heavy atom. The second-order valence-corrected chi connectivity index (χ2v) is 5.49. The first kappa shape index (κ1) is 18.9. The predicted octanol–water partition coefficient (Wildman–Crippen LogP) is 1.76. The molecule has 0 aliphatic heterocycles. The van der Waals surface area contributed by atoms with Crippen LogP contribution in [-0.4, -0.2) is 53.6 Å². The average molecular weight is 346 g/mol. The quantitative estimate of drug-likeness (QED) is 0.448. The van der Waals surface area contributed by atoms with E-state index < -0.39 is 6.10 Å². The lowest BCUT2D eigenvalue weighted by Crippen LogP contribution is -2.23. The fraction of sp³-hybridized carbons (Fsp3) is 0.316. The van der Waals surface area contributed by atoms with E-state index in [0.29, 0.717) is 24.3 Å². The van der Waals surface area contributed by atoms with Crippen molar-refractivity contribution in [2.45, 2.75) is 12.5 Å². The van der Waals surface area contributed by atoms with Gasteiger partial charge in [-0.15, -0.1) is 0 Å². The molecule has 0 aliphatic rings. The highest BCUT2D eigenvalue weighted by Gasteiger charge is 2.14. The first-order chi connectivity index (χ1) is 12.1. The van der Waals surface area contributed by atoms with Gasteiger partial charge >= 0.3 is 0 Å². The second kappa shape index (κ2) is 9.78. The van der Waals surface area contributed by atoms with Crippen molar-refractivity contribution >= 4 is 5.78 Å². The van der Waals surface area contributed by atoms with E-state index in [0.717, 1.165) is 0 Å². The van der Waals surface area contributed by atoms with Crippen molar-refractivity contribution in [3.63, 3.8) is 0 Å². The molecule has 0 saturated carbocycles. The highest BCUT2D eigenvalue weighted by molar-refractivity contribution is 6.10. The maximum atomic E-state index is 12.3. The Labute approximate surface area is 146 Å². The van der Waals surface area contributed by atoms with Crippen molar-refractivity contribution in [2.75, 3.05) is 26.4 Å². The molecular weight excluding hydrogens is 324 g/mol. The van der Waals surface area contributed by atoms with E-state index in [1.165, 1.54) is 12.1 Å². The van der Waals surface area contributed by atoms with Crippen molar-refractivity contribution in [3.8, 4) is 11.5 Å². The summed E-state index contributed by atoms with van der Waals surface area (Å²) >= 11 is 0. The van der Waals surface area contributed by atoms with E-state index >= 15 is 0 Å². The number of carbonyl (C=O) groups is 1. The standard InChI is InChI=1S/C19H22O6/c20-9-4-10-24-12-15(21)13-25-16-7-8-17(18(22)11-16)19(23)14-5-2-1-3-6-14/h1-3,5-8,11,15,20-22H,4,9-10,12-13H2. The summed E-state index contributed by atoms with van der Waals surface area (Å²) in [6, 6.07) is 13.1. The molecule has 0 spiro atoms. The van der Waals surface area contributed by atoms with E-state index in [-0.39, 0.29) is 36.9 Å². The number of hydrogen-bond acceptors (Lipinski definition) is 6. The number of aromatic hydroxyl groups is 1. The molecule has 0 heterocycles. The van der Waals surface area contributed by atoms with Crippen LogP contribution in [0.1, 0.15) is 22.3 Å². The summed E-state index contributed by atoms with van der Waals surface area (Å²) in [7, 11) is 0. The number of phenols is 1. The molecule has 1 unspecified atom stereocenters. The maximum absolute atomic E-state index is 12.3. The molecule has 6 heteroatoms. The lowest BCUT2D eigenvalue weighted by atomic mass is 10.0. The van der Waals surface area contributed by atoms with Gasteiger partial charge in [-0.2, -0.15) is 0 Å². The maximum Gasteiger partial charge on any atom is 0.196 e. The van der Waals surface area contributed by atoms with Crippen molar-refractivity contribution in [1.29, 1.82) is 0 Å². The molecule has 0 saturated heterocycles. The van der Waals surface area contributed by atoms with Crippen LogP contribution in [0.25, 0.3) is 0 Å². The Kier molecular flexibility index (Phi) is 7.40. The summed E-state index contributed by atoms with van der Waals surface area (Å²) < 4.78 is 10.6. The van der Waals surface area contributed by atoms with Gasteiger partial charge in [-0.1, -0.05) is 30.3 Å². The summed E-state index contributed by atoms with van der Waals surface area (Å²) in [4.78, 5) is 12.3. The van der Waals surface area contributed by atoms with Gasteiger partial charge in [0.25, 0.3) is 0 Å². The third-order valence-electron chi connectivity index (χ3n) is 3.45. The largest absolute Gasteiger partial charge is 0.507 e. The first-order valence-corrected chi connectivity index (χ1v) is 8.04. The molecule has 3 N–H and O–H groups in total. The number of aliphatic hydroxyl groups is 2. The summed E-state index contributed by atoms with van der Waals surface area (Å²) in [6.07, 6.45) is -0.315. The summed E-state index contributed by atoms with van der Waals surface area (Å²) in [5, 5.41) is 28.4.